The molecule has 0 aliphatic carbocycles. The van der Waals surface area contributed by atoms with Gasteiger partial charge in [-0.25, -0.2) is 9.97 Å². The Morgan fingerprint density at radius 1 is 1.33 bits per heavy atom. The lowest BCUT2D eigenvalue weighted by Gasteiger charge is -2.17. The smallest absolute Gasteiger partial charge is 0.133 e. The van der Waals surface area contributed by atoms with E-state index in [4.69, 9.17) is 9.97 Å². The van der Waals surface area contributed by atoms with Crippen LogP contribution in [0.3, 0.4) is 0 Å². The zero-order valence-electron chi connectivity index (χ0n) is 16.8. The lowest BCUT2D eigenvalue weighted by atomic mass is 10.1. The van der Waals surface area contributed by atoms with Crippen LogP contribution in [0.15, 0.2) is 36.5 Å². The van der Waals surface area contributed by atoms with Crippen LogP contribution in [0.4, 0.5) is 5.82 Å². The van der Waals surface area contributed by atoms with Gasteiger partial charge in [0.1, 0.15) is 11.6 Å². The first-order chi connectivity index (χ1) is 13.2. The summed E-state index contributed by atoms with van der Waals surface area (Å²) in [7, 11) is 0. The second kappa shape index (κ2) is 11.7. The van der Waals surface area contributed by atoms with Crippen LogP contribution in [0.25, 0.3) is 0 Å². The van der Waals surface area contributed by atoms with Crippen molar-refractivity contribution in [2.45, 2.75) is 58.5 Å². The molecule has 0 saturated heterocycles. The average Bonchev–Trinajstić information content (AvgIpc) is 2.92. The summed E-state index contributed by atoms with van der Waals surface area (Å²) in [5, 5.41) is 16.9. The molecule has 0 spiro atoms. The Morgan fingerprint density at radius 3 is 2.89 bits per heavy atom. The van der Waals surface area contributed by atoms with Crippen molar-refractivity contribution < 1.29 is 5.11 Å². The molecule has 5 heteroatoms. The summed E-state index contributed by atoms with van der Waals surface area (Å²) in [4.78, 5) is 9.66. The molecule has 0 amide bonds. The van der Waals surface area contributed by atoms with Crippen LogP contribution >= 0.6 is 0 Å². The Kier molecular flexibility index (Phi) is 9.22. The molecule has 148 valence electrons. The molecule has 2 rings (SSSR count). The highest BCUT2D eigenvalue weighted by Gasteiger charge is 2.17. The Labute approximate surface area is 163 Å². The quantitative estimate of drug-likeness (QED) is 0.551. The zero-order chi connectivity index (χ0) is 19.5. The number of aromatic nitrogens is 2. The van der Waals surface area contributed by atoms with Gasteiger partial charge in [0.2, 0.25) is 0 Å². The Bertz CT molecular complexity index is 667. The zero-order valence-corrected chi connectivity index (χ0v) is 16.8. The number of anilines is 1. The molecular weight excluding hydrogens is 336 g/mol. The topological polar surface area (TPSA) is 70.1 Å². The molecule has 2 heterocycles. The predicted molar refractivity (Wildman–Crippen MR) is 113 cm³/mol. The van der Waals surface area contributed by atoms with Crippen molar-refractivity contribution in [1.82, 2.24) is 15.3 Å². The lowest BCUT2D eigenvalue weighted by Crippen LogP contribution is -2.22. The minimum absolute atomic E-state index is 0.343. The molecular formula is C22H34N4O. The fourth-order valence-corrected chi connectivity index (χ4v) is 3.23. The maximum absolute atomic E-state index is 10.1. The normalized spacial score (nSPS) is 16.0. The van der Waals surface area contributed by atoms with E-state index in [1.165, 1.54) is 11.1 Å². The van der Waals surface area contributed by atoms with E-state index in [1.807, 2.05) is 25.2 Å². The summed E-state index contributed by atoms with van der Waals surface area (Å²) in [6, 6.07) is 0. The largest absolute Gasteiger partial charge is 0.391 e. The molecule has 1 atom stereocenters. The van der Waals surface area contributed by atoms with E-state index >= 15 is 0 Å². The van der Waals surface area contributed by atoms with Gasteiger partial charge in [0.15, 0.2) is 0 Å². The number of aliphatic hydroxyl groups is 1. The Morgan fingerprint density at radius 2 is 2.15 bits per heavy atom. The van der Waals surface area contributed by atoms with E-state index in [0.29, 0.717) is 6.54 Å². The number of allylic oxidation sites excluding steroid dienone is 5. The molecule has 0 bridgehead atoms. The molecule has 0 saturated carbocycles. The second-order valence-corrected chi connectivity index (χ2v) is 6.96. The molecule has 27 heavy (non-hydrogen) atoms. The van der Waals surface area contributed by atoms with Crippen molar-refractivity contribution in [2.24, 2.45) is 0 Å². The van der Waals surface area contributed by atoms with Gasteiger partial charge in [-0.05, 0) is 38.3 Å². The van der Waals surface area contributed by atoms with Gasteiger partial charge in [0, 0.05) is 31.5 Å². The highest BCUT2D eigenvalue weighted by atomic mass is 16.3. The van der Waals surface area contributed by atoms with E-state index in [0.717, 1.165) is 69.0 Å². The predicted octanol–water partition coefficient (Wildman–Crippen LogP) is 3.36. The minimum Gasteiger partial charge on any atom is -0.391 e. The van der Waals surface area contributed by atoms with Crippen molar-refractivity contribution >= 4 is 5.82 Å². The van der Waals surface area contributed by atoms with Gasteiger partial charge >= 0.3 is 0 Å². The number of aliphatic hydroxyl groups excluding tert-OH is 1. The first-order valence-corrected chi connectivity index (χ1v) is 10.1. The standard InChI is InChI=1S/C22H34N4O/c1-4-7-9-17(6-3)10-11-21-25-20-13-15-23-14-12-19(20)22(26-21)24-16-18(27)8-5-2/h4,6-7,9,18,23,27H,3,5,8,10-16H2,1-2H3,(H,24,25,26)/b7-4-,17-9+. The highest BCUT2D eigenvalue weighted by molar-refractivity contribution is 5.48. The fraction of sp³-hybridized carbons (Fsp3) is 0.545. The lowest BCUT2D eigenvalue weighted by molar-refractivity contribution is 0.176. The second-order valence-electron chi connectivity index (χ2n) is 6.96. The van der Waals surface area contributed by atoms with Gasteiger partial charge in [-0.2, -0.15) is 0 Å². The summed E-state index contributed by atoms with van der Waals surface area (Å²) in [6.45, 7) is 10.4. The molecule has 1 aliphatic heterocycles. The van der Waals surface area contributed by atoms with Crippen LogP contribution in [0, 0.1) is 0 Å². The fourth-order valence-electron chi connectivity index (χ4n) is 3.23. The van der Waals surface area contributed by atoms with Gasteiger partial charge in [-0.15, -0.1) is 0 Å². The summed E-state index contributed by atoms with van der Waals surface area (Å²) in [6.07, 6.45) is 12.9. The third-order valence-electron chi connectivity index (χ3n) is 4.76. The molecule has 1 aliphatic rings. The molecule has 0 aromatic carbocycles. The molecule has 0 fully saturated rings. The summed E-state index contributed by atoms with van der Waals surface area (Å²) < 4.78 is 0. The first kappa shape index (κ1) is 21.3. The summed E-state index contributed by atoms with van der Waals surface area (Å²) in [5.41, 5.74) is 3.51. The van der Waals surface area contributed by atoms with Gasteiger partial charge in [0.25, 0.3) is 0 Å². The molecule has 1 aromatic rings. The number of hydrogen-bond acceptors (Lipinski definition) is 5. The van der Waals surface area contributed by atoms with Gasteiger partial charge in [-0.1, -0.05) is 44.2 Å². The monoisotopic (exact) mass is 370 g/mol. The maximum Gasteiger partial charge on any atom is 0.133 e. The number of nitrogens with zero attached hydrogens (tertiary/aromatic N) is 2. The van der Waals surface area contributed by atoms with Crippen LogP contribution < -0.4 is 10.6 Å². The van der Waals surface area contributed by atoms with Crippen molar-refractivity contribution in [3.05, 3.63) is 53.5 Å². The van der Waals surface area contributed by atoms with E-state index in [2.05, 4.69) is 30.2 Å². The maximum atomic E-state index is 10.1. The van der Waals surface area contributed by atoms with Gasteiger partial charge < -0.3 is 15.7 Å². The third kappa shape index (κ3) is 6.92. The number of aryl methyl sites for hydroxylation is 1. The van der Waals surface area contributed by atoms with Crippen molar-refractivity contribution in [3.63, 3.8) is 0 Å². The van der Waals surface area contributed by atoms with Crippen LogP contribution in [0.2, 0.25) is 0 Å². The molecule has 3 N–H and O–H groups in total. The van der Waals surface area contributed by atoms with E-state index in [1.54, 1.807) is 0 Å². The van der Waals surface area contributed by atoms with E-state index < -0.39 is 0 Å². The Balaban J connectivity index is 2.18. The summed E-state index contributed by atoms with van der Waals surface area (Å²) >= 11 is 0. The SMILES string of the molecule is C=C/C(=C\C=C/C)CCc1nc2c(c(NCC(O)CCC)n1)CCNCC2. The van der Waals surface area contributed by atoms with Crippen LogP contribution in [0.5, 0.6) is 0 Å². The number of hydrogen-bond donors (Lipinski definition) is 3. The Hall–Kier alpha value is -1.98. The molecule has 1 unspecified atom stereocenters. The molecule has 1 aromatic heterocycles. The van der Waals surface area contributed by atoms with Crippen LogP contribution in [-0.4, -0.2) is 40.8 Å². The van der Waals surface area contributed by atoms with Crippen LogP contribution in [0.1, 0.15) is 50.2 Å². The molecule has 5 nitrogen and oxygen atoms in total. The molecule has 0 radical (unpaired) electrons. The first-order valence-electron chi connectivity index (χ1n) is 10.1. The number of rotatable bonds is 10. The highest BCUT2D eigenvalue weighted by Crippen LogP contribution is 2.21. The van der Waals surface area contributed by atoms with Crippen LogP contribution in [-0.2, 0) is 19.3 Å². The van der Waals surface area contributed by atoms with Crippen molar-refractivity contribution in [1.29, 1.82) is 0 Å². The number of fused-ring (bicyclic) bond motifs is 1. The van der Waals surface area contributed by atoms with Crippen molar-refractivity contribution in [3.8, 4) is 0 Å². The number of nitrogens with one attached hydrogen (secondary N) is 2. The van der Waals surface area contributed by atoms with Crippen molar-refractivity contribution in [2.75, 3.05) is 25.0 Å². The van der Waals surface area contributed by atoms with E-state index in [-0.39, 0.29) is 6.10 Å². The average molecular weight is 371 g/mol. The minimum atomic E-state index is -0.343. The van der Waals surface area contributed by atoms with Gasteiger partial charge in [0.05, 0.1) is 11.8 Å². The van der Waals surface area contributed by atoms with E-state index in [9.17, 15) is 5.11 Å². The third-order valence-corrected chi connectivity index (χ3v) is 4.76. The summed E-state index contributed by atoms with van der Waals surface area (Å²) in [5.74, 6) is 1.75. The van der Waals surface area contributed by atoms with Gasteiger partial charge in [-0.3, -0.25) is 0 Å².